The molecule has 0 bridgehead atoms. The van der Waals surface area contributed by atoms with Gasteiger partial charge in [-0.15, -0.1) is 24.0 Å². The van der Waals surface area contributed by atoms with Crippen molar-refractivity contribution in [1.82, 2.24) is 10.6 Å². The van der Waals surface area contributed by atoms with Crippen LogP contribution in [0.4, 0.5) is 0 Å². The third-order valence-corrected chi connectivity index (χ3v) is 4.51. The van der Waals surface area contributed by atoms with Gasteiger partial charge in [-0.1, -0.05) is 36.4 Å². The van der Waals surface area contributed by atoms with Crippen LogP contribution in [0.2, 0.25) is 0 Å². The van der Waals surface area contributed by atoms with E-state index < -0.39 is 0 Å². The molecule has 0 aliphatic carbocycles. The van der Waals surface area contributed by atoms with Crippen LogP contribution in [0.1, 0.15) is 28.7 Å². The third-order valence-electron chi connectivity index (χ3n) is 4.51. The molecule has 0 atom stereocenters. The summed E-state index contributed by atoms with van der Waals surface area (Å²) in [5.74, 6) is 1.64. The van der Waals surface area contributed by atoms with Crippen LogP contribution in [-0.4, -0.2) is 40.4 Å². The molecule has 0 saturated heterocycles. The van der Waals surface area contributed by atoms with Gasteiger partial charge in [0.2, 0.25) is 0 Å². The molecule has 0 fully saturated rings. The molecule has 2 aromatic carbocycles. The average Bonchev–Trinajstić information content (AvgIpc) is 2.73. The third kappa shape index (κ3) is 8.89. The highest BCUT2D eigenvalue weighted by Gasteiger charge is 2.07. The number of aryl methyl sites for hydroxylation is 1. The fraction of sp³-hybridized carbons (Fsp3) is 0.435. The van der Waals surface area contributed by atoms with Crippen molar-refractivity contribution in [2.75, 3.05) is 34.5 Å². The van der Waals surface area contributed by atoms with Crippen LogP contribution in [0, 0.1) is 6.92 Å². The van der Waals surface area contributed by atoms with Crippen LogP contribution in [0.25, 0.3) is 0 Å². The first kappa shape index (κ1) is 26.2. The number of benzene rings is 2. The van der Waals surface area contributed by atoms with Crippen molar-refractivity contribution in [1.29, 1.82) is 0 Å². The monoisotopic (exact) mass is 527 g/mol. The van der Waals surface area contributed by atoms with Gasteiger partial charge in [-0.05, 0) is 29.7 Å². The van der Waals surface area contributed by atoms with E-state index in [-0.39, 0.29) is 24.0 Å². The Morgan fingerprint density at radius 3 is 2.27 bits per heavy atom. The van der Waals surface area contributed by atoms with Crippen LogP contribution in [0.15, 0.2) is 47.5 Å². The molecule has 0 aromatic heterocycles. The normalized spacial score (nSPS) is 11.0. The largest absolute Gasteiger partial charge is 0.493 e. The number of nitrogens with zero attached hydrogens (tertiary/aromatic N) is 1. The minimum Gasteiger partial charge on any atom is -0.493 e. The fourth-order valence-electron chi connectivity index (χ4n) is 2.93. The first-order chi connectivity index (χ1) is 14.2. The lowest BCUT2D eigenvalue weighted by Gasteiger charge is -2.16. The predicted octanol–water partition coefficient (Wildman–Crippen LogP) is 4.04. The number of guanidine groups is 1. The quantitative estimate of drug-likeness (QED) is 0.200. The summed E-state index contributed by atoms with van der Waals surface area (Å²) in [6.45, 7) is 5.29. The summed E-state index contributed by atoms with van der Waals surface area (Å²) in [6.07, 6.45) is 0.863. The van der Waals surface area contributed by atoms with E-state index in [9.17, 15) is 0 Å². The number of methoxy groups -OCH3 is 2. The minimum atomic E-state index is 0. The standard InChI is InChI=1S/C23H33N3O3.HI/c1-18-10-11-20(22(14-18)29-13-7-12-27-3)16-26-23(24-2)25-15-19-8-5-6-9-21(19)17-28-4;/h5-6,8-11,14H,7,12-13,15-17H2,1-4H3,(H2,24,25,26);1H. The molecule has 0 saturated carbocycles. The average molecular weight is 527 g/mol. The number of aliphatic imine (C=N–C) groups is 1. The lowest BCUT2D eigenvalue weighted by molar-refractivity contribution is 0.171. The lowest BCUT2D eigenvalue weighted by Crippen LogP contribution is -2.36. The number of hydrogen-bond acceptors (Lipinski definition) is 4. The van der Waals surface area contributed by atoms with Gasteiger partial charge in [0.1, 0.15) is 5.75 Å². The number of rotatable bonds is 11. The Labute approximate surface area is 197 Å². The van der Waals surface area contributed by atoms with E-state index in [2.05, 4.69) is 52.9 Å². The molecule has 2 N–H and O–H groups in total. The maximum Gasteiger partial charge on any atom is 0.191 e. The molecule has 0 aliphatic heterocycles. The maximum absolute atomic E-state index is 5.96. The van der Waals surface area contributed by atoms with Gasteiger partial charge in [0.05, 0.1) is 13.2 Å². The molecular weight excluding hydrogens is 493 g/mol. The molecule has 6 nitrogen and oxygen atoms in total. The lowest BCUT2D eigenvalue weighted by atomic mass is 10.1. The first-order valence-corrected chi connectivity index (χ1v) is 9.89. The van der Waals surface area contributed by atoms with Crippen LogP contribution in [-0.2, 0) is 29.2 Å². The molecule has 0 unspecified atom stereocenters. The summed E-state index contributed by atoms with van der Waals surface area (Å²) >= 11 is 0. The molecule has 2 rings (SSSR count). The molecule has 0 radical (unpaired) electrons. The van der Waals surface area contributed by atoms with Gasteiger partial charge < -0.3 is 24.8 Å². The second-order valence-electron chi connectivity index (χ2n) is 6.79. The number of nitrogens with one attached hydrogen (secondary N) is 2. The Kier molecular flexibility index (Phi) is 13.1. The van der Waals surface area contributed by atoms with Gasteiger partial charge in [0.15, 0.2) is 5.96 Å². The minimum absolute atomic E-state index is 0. The Hall–Kier alpha value is -1.84. The summed E-state index contributed by atoms with van der Waals surface area (Å²) in [5.41, 5.74) is 4.63. The van der Waals surface area contributed by atoms with E-state index in [0.29, 0.717) is 32.9 Å². The van der Waals surface area contributed by atoms with Crippen molar-refractivity contribution < 1.29 is 14.2 Å². The van der Waals surface area contributed by atoms with Crippen molar-refractivity contribution >= 4 is 29.9 Å². The Bertz CT molecular complexity index is 784. The first-order valence-electron chi connectivity index (χ1n) is 9.89. The summed E-state index contributed by atoms with van der Waals surface area (Å²) in [4.78, 5) is 4.33. The van der Waals surface area contributed by atoms with Crippen LogP contribution in [0.3, 0.4) is 0 Å². The summed E-state index contributed by atoms with van der Waals surface area (Å²) in [5, 5.41) is 6.74. The van der Waals surface area contributed by atoms with Gasteiger partial charge in [-0.3, -0.25) is 4.99 Å². The molecule has 7 heteroatoms. The van der Waals surface area contributed by atoms with E-state index in [1.807, 2.05) is 12.1 Å². The van der Waals surface area contributed by atoms with Gasteiger partial charge in [-0.2, -0.15) is 0 Å². The Morgan fingerprint density at radius 1 is 0.900 bits per heavy atom. The van der Waals surface area contributed by atoms with Crippen molar-refractivity contribution in [2.45, 2.75) is 33.0 Å². The number of halogens is 1. The summed E-state index contributed by atoms with van der Waals surface area (Å²) in [6, 6.07) is 14.5. The zero-order valence-corrected chi connectivity index (χ0v) is 20.7. The molecule has 30 heavy (non-hydrogen) atoms. The molecular formula is C23H34IN3O3. The van der Waals surface area contributed by atoms with Crippen molar-refractivity contribution in [3.63, 3.8) is 0 Å². The van der Waals surface area contributed by atoms with Crippen molar-refractivity contribution in [3.05, 3.63) is 64.7 Å². The van der Waals surface area contributed by atoms with Crippen molar-refractivity contribution in [2.24, 2.45) is 4.99 Å². The summed E-state index contributed by atoms with van der Waals surface area (Å²) in [7, 11) is 5.18. The highest BCUT2D eigenvalue weighted by molar-refractivity contribution is 14.0. The van der Waals surface area contributed by atoms with Gasteiger partial charge in [0, 0.05) is 52.9 Å². The second kappa shape index (κ2) is 15.0. The predicted molar refractivity (Wildman–Crippen MR) is 133 cm³/mol. The van der Waals surface area contributed by atoms with Crippen LogP contribution in [0.5, 0.6) is 5.75 Å². The molecule has 0 aliphatic rings. The molecule has 0 amide bonds. The van der Waals surface area contributed by atoms with Gasteiger partial charge >= 0.3 is 0 Å². The van der Waals surface area contributed by atoms with E-state index >= 15 is 0 Å². The highest BCUT2D eigenvalue weighted by Crippen LogP contribution is 2.20. The van der Waals surface area contributed by atoms with Gasteiger partial charge in [0.25, 0.3) is 0 Å². The zero-order chi connectivity index (χ0) is 20.9. The topological polar surface area (TPSA) is 64.1 Å². The summed E-state index contributed by atoms with van der Waals surface area (Å²) < 4.78 is 16.3. The SMILES string of the molecule is CN=C(NCc1ccccc1COC)NCc1ccc(C)cc1OCCCOC.I. The maximum atomic E-state index is 5.96. The molecule has 2 aromatic rings. The van der Waals surface area contributed by atoms with E-state index in [4.69, 9.17) is 14.2 Å². The number of hydrogen-bond donors (Lipinski definition) is 2. The zero-order valence-electron chi connectivity index (χ0n) is 18.4. The number of ether oxygens (including phenoxy) is 3. The van der Waals surface area contributed by atoms with E-state index in [1.165, 1.54) is 16.7 Å². The fourth-order valence-corrected chi connectivity index (χ4v) is 2.93. The van der Waals surface area contributed by atoms with Gasteiger partial charge in [-0.25, -0.2) is 0 Å². The molecule has 0 heterocycles. The van der Waals surface area contributed by atoms with E-state index in [0.717, 1.165) is 23.7 Å². The second-order valence-corrected chi connectivity index (χ2v) is 6.79. The Balaban J connectivity index is 0.00000450. The van der Waals surface area contributed by atoms with Crippen LogP contribution >= 0.6 is 24.0 Å². The van der Waals surface area contributed by atoms with Crippen molar-refractivity contribution in [3.8, 4) is 5.75 Å². The van der Waals surface area contributed by atoms with E-state index in [1.54, 1.807) is 21.3 Å². The smallest absolute Gasteiger partial charge is 0.191 e. The highest BCUT2D eigenvalue weighted by atomic mass is 127. The van der Waals surface area contributed by atoms with Crippen LogP contribution < -0.4 is 15.4 Å². The molecule has 0 spiro atoms. The Morgan fingerprint density at radius 2 is 1.60 bits per heavy atom. The molecule has 166 valence electrons.